The smallest absolute Gasteiger partial charge is 0.000356 e. The Bertz CT molecular complexity index is 350. The molecule has 0 saturated carbocycles. The third kappa shape index (κ3) is 28.2. The molecule has 0 saturated heterocycles. The van der Waals surface area contributed by atoms with E-state index in [9.17, 15) is 0 Å². The minimum atomic E-state index is 0.936. The predicted molar refractivity (Wildman–Crippen MR) is 158 cm³/mol. The fourth-order valence-electron chi connectivity index (χ4n) is 5.57. The summed E-state index contributed by atoms with van der Waals surface area (Å²) in [6.07, 6.45) is 39.5. The molecule has 0 aromatic rings. The van der Waals surface area contributed by atoms with Gasteiger partial charge < -0.3 is 4.90 Å². The highest BCUT2D eigenvalue weighted by Crippen LogP contribution is 2.20. The zero-order valence-corrected chi connectivity index (χ0v) is 24.8. The Balaban J connectivity index is 3.50. The summed E-state index contributed by atoms with van der Waals surface area (Å²) in [6.45, 7) is 5.92. The first-order valence-corrected chi connectivity index (χ1v) is 16.3. The first-order valence-electron chi connectivity index (χ1n) is 16.3. The molecule has 0 aliphatic heterocycles. The first-order chi connectivity index (χ1) is 16.7. The van der Waals surface area contributed by atoms with Crippen LogP contribution in [0.15, 0.2) is 0 Å². The fraction of sp³-hybridized carbons (Fsp3) is 1.00. The van der Waals surface area contributed by atoms with E-state index in [1.807, 2.05) is 0 Å². The van der Waals surface area contributed by atoms with E-state index in [1.54, 1.807) is 0 Å². The van der Waals surface area contributed by atoms with Crippen molar-refractivity contribution in [2.75, 3.05) is 20.6 Å². The SMILES string of the molecule is CCCCCCCCCCCCCCCC(CCCCCCCCCCCCCC)CN(C)C. The van der Waals surface area contributed by atoms with Crippen LogP contribution in [0.4, 0.5) is 0 Å². The van der Waals surface area contributed by atoms with Gasteiger partial charge in [-0.1, -0.05) is 174 Å². The highest BCUT2D eigenvalue weighted by molar-refractivity contribution is 4.64. The summed E-state index contributed by atoms with van der Waals surface area (Å²) in [5, 5.41) is 0. The van der Waals surface area contributed by atoms with E-state index in [1.165, 1.54) is 180 Å². The second kappa shape index (κ2) is 29.2. The average molecular weight is 480 g/mol. The van der Waals surface area contributed by atoms with Crippen LogP contribution in [0.3, 0.4) is 0 Å². The molecular weight excluding hydrogens is 410 g/mol. The summed E-state index contributed by atoms with van der Waals surface area (Å²) in [4.78, 5) is 2.42. The maximum atomic E-state index is 2.42. The summed E-state index contributed by atoms with van der Waals surface area (Å²) in [5.74, 6) is 0.936. The van der Waals surface area contributed by atoms with Crippen LogP contribution in [0.2, 0.25) is 0 Å². The van der Waals surface area contributed by atoms with Crippen LogP contribution < -0.4 is 0 Å². The molecule has 206 valence electrons. The summed E-state index contributed by atoms with van der Waals surface area (Å²) < 4.78 is 0. The number of rotatable bonds is 29. The van der Waals surface area contributed by atoms with Crippen LogP contribution in [0.1, 0.15) is 187 Å². The van der Waals surface area contributed by atoms with Crippen molar-refractivity contribution in [3.05, 3.63) is 0 Å². The molecule has 0 aromatic heterocycles. The summed E-state index contributed by atoms with van der Waals surface area (Å²) in [5.41, 5.74) is 0. The Morgan fingerprint density at radius 1 is 0.353 bits per heavy atom. The Morgan fingerprint density at radius 2 is 0.588 bits per heavy atom. The number of hydrogen-bond donors (Lipinski definition) is 0. The molecule has 0 aliphatic rings. The van der Waals surface area contributed by atoms with E-state index in [0.717, 1.165) is 5.92 Å². The lowest BCUT2D eigenvalue weighted by molar-refractivity contribution is 0.286. The second-order valence-electron chi connectivity index (χ2n) is 11.8. The van der Waals surface area contributed by atoms with Gasteiger partial charge in [0.25, 0.3) is 0 Å². The Kier molecular flexibility index (Phi) is 29.2. The molecule has 1 nitrogen and oxygen atoms in total. The maximum absolute atomic E-state index is 2.42. The van der Waals surface area contributed by atoms with E-state index < -0.39 is 0 Å². The topological polar surface area (TPSA) is 3.24 Å². The van der Waals surface area contributed by atoms with Crippen LogP contribution in [0.5, 0.6) is 0 Å². The predicted octanol–water partition coefficient (Wildman–Crippen LogP) is 11.7. The quantitative estimate of drug-likeness (QED) is 0.0964. The first kappa shape index (κ1) is 34.0. The molecule has 1 atom stereocenters. The summed E-state index contributed by atoms with van der Waals surface area (Å²) in [6, 6.07) is 0. The molecule has 0 heterocycles. The van der Waals surface area contributed by atoms with Crippen LogP contribution >= 0.6 is 0 Å². The van der Waals surface area contributed by atoms with Crippen molar-refractivity contribution in [1.82, 2.24) is 4.90 Å². The van der Waals surface area contributed by atoms with Gasteiger partial charge in [0.2, 0.25) is 0 Å². The van der Waals surface area contributed by atoms with Gasteiger partial charge >= 0.3 is 0 Å². The molecule has 0 bridgehead atoms. The fourth-order valence-corrected chi connectivity index (χ4v) is 5.57. The minimum Gasteiger partial charge on any atom is -0.309 e. The summed E-state index contributed by atoms with van der Waals surface area (Å²) >= 11 is 0. The maximum Gasteiger partial charge on any atom is 0.000356 e. The van der Waals surface area contributed by atoms with Crippen molar-refractivity contribution in [3.63, 3.8) is 0 Å². The molecule has 0 aromatic carbocycles. The van der Waals surface area contributed by atoms with Crippen LogP contribution in [0, 0.1) is 5.92 Å². The molecule has 0 amide bonds. The Morgan fingerprint density at radius 3 is 0.824 bits per heavy atom. The van der Waals surface area contributed by atoms with Gasteiger partial charge in [0.1, 0.15) is 0 Å². The van der Waals surface area contributed by atoms with Crippen molar-refractivity contribution < 1.29 is 0 Å². The van der Waals surface area contributed by atoms with Gasteiger partial charge in [-0.15, -0.1) is 0 Å². The van der Waals surface area contributed by atoms with Crippen LogP contribution in [-0.4, -0.2) is 25.5 Å². The Hall–Kier alpha value is -0.0400. The lowest BCUT2D eigenvalue weighted by Gasteiger charge is -2.21. The van der Waals surface area contributed by atoms with E-state index in [-0.39, 0.29) is 0 Å². The van der Waals surface area contributed by atoms with Gasteiger partial charge in [0.15, 0.2) is 0 Å². The van der Waals surface area contributed by atoms with Crippen molar-refractivity contribution in [3.8, 4) is 0 Å². The highest BCUT2D eigenvalue weighted by Gasteiger charge is 2.09. The van der Waals surface area contributed by atoms with E-state index >= 15 is 0 Å². The largest absolute Gasteiger partial charge is 0.309 e. The zero-order chi connectivity index (χ0) is 25.0. The normalized spacial score (nSPS) is 12.6. The van der Waals surface area contributed by atoms with Gasteiger partial charge in [0.05, 0.1) is 0 Å². The van der Waals surface area contributed by atoms with E-state index in [4.69, 9.17) is 0 Å². The van der Waals surface area contributed by atoms with Crippen LogP contribution in [-0.2, 0) is 0 Å². The van der Waals surface area contributed by atoms with E-state index in [0.29, 0.717) is 0 Å². The van der Waals surface area contributed by atoms with Gasteiger partial charge in [-0.05, 0) is 32.9 Å². The molecule has 1 heteroatoms. The lowest BCUT2D eigenvalue weighted by Crippen LogP contribution is -2.21. The van der Waals surface area contributed by atoms with Crippen molar-refractivity contribution in [2.45, 2.75) is 187 Å². The van der Waals surface area contributed by atoms with Gasteiger partial charge in [-0.2, -0.15) is 0 Å². The lowest BCUT2D eigenvalue weighted by atomic mass is 9.93. The second-order valence-corrected chi connectivity index (χ2v) is 11.8. The molecule has 0 spiro atoms. The standard InChI is InChI=1S/C33H69N/c1-5-7-9-11-13-15-17-19-21-23-25-27-29-31-33(32-34(3)4)30-28-26-24-22-20-18-16-14-12-10-8-6-2/h33H,5-32H2,1-4H3. The highest BCUT2D eigenvalue weighted by atomic mass is 15.1. The number of hydrogen-bond acceptors (Lipinski definition) is 1. The molecule has 0 radical (unpaired) electrons. The van der Waals surface area contributed by atoms with Crippen molar-refractivity contribution in [2.24, 2.45) is 5.92 Å². The summed E-state index contributed by atoms with van der Waals surface area (Å²) in [7, 11) is 4.53. The van der Waals surface area contributed by atoms with Crippen LogP contribution in [0.25, 0.3) is 0 Å². The molecule has 0 rings (SSSR count). The molecular formula is C33H69N. The van der Waals surface area contributed by atoms with Gasteiger partial charge in [0, 0.05) is 6.54 Å². The molecule has 1 unspecified atom stereocenters. The van der Waals surface area contributed by atoms with Gasteiger partial charge in [-0.3, -0.25) is 0 Å². The van der Waals surface area contributed by atoms with Crippen molar-refractivity contribution >= 4 is 0 Å². The monoisotopic (exact) mass is 480 g/mol. The number of unbranched alkanes of at least 4 members (excludes halogenated alkanes) is 23. The van der Waals surface area contributed by atoms with E-state index in [2.05, 4.69) is 32.8 Å². The van der Waals surface area contributed by atoms with Gasteiger partial charge in [-0.25, -0.2) is 0 Å². The third-order valence-corrected chi connectivity index (χ3v) is 7.81. The minimum absolute atomic E-state index is 0.936. The third-order valence-electron chi connectivity index (χ3n) is 7.81. The zero-order valence-electron chi connectivity index (χ0n) is 24.8. The average Bonchev–Trinajstić information content (AvgIpc) is 2.82. The Labute approximate surface area is 218 Å². The molecule has 34 heavy (non-hydrogen) atoms. The molecule has 0 N–H and O–H groups in total. The molecule has 0 fully saturated rings. The number of nitrogens with zero attached hydrogens (tertiary/aromatic N) is 1. The van der Waals surface area contributed by atoms with Crippen molar-refractivity contribution in [1.29, 1.82) is 0 Å². The molecule has 0 aliphatic carbocycles.